The Morgan fingerprint density at radius 2 is 1.83 bits per heavy atom. The van der Waals surface area contributed by atoms with Gasteiger partial charge in [-0.1, -0.05) is 35.9 Å². The van der Waals surface area contributed by atoms with E-state index < -0.39 is 10.0 Å². The van der Waals surface area contributed by atoms with Gasteiger partial charge in [-0.05, 0) is 48.2 Å². The Balaban J connectivity index is 1.50. The minimum Gasteiger partial charge on any atom is -0.497 e. The first-order chi connectivity index (χ1) is 13.9. The number of piperidine rings is 1. The Kier molecular flexibility index (Phi) is 7.16. The van der Waals surface area contributed by atoms with Crippen LogP contribution in [0, 0.1) is 5.92 Å². The van der Waals surface area contributed by atoms with Crippen LogP contribution in [0.3, 0.4) is 0 Å². The Labute approximate surface area is 176 Å². The molecule has 0 radical (unpaired) electrons. The number of hydrogen-bond acceptors (Lipinski definition) is 4. The van der Waals surface area contributed by atoms with E-state index in [4.69, 9.17) is 16.3 Å². The number of carbonyl (C=O) groups excluding carboxylic acids is 1. The van der Waals surface area contributed by atoms with Crippen LogP contribution < -0.4 is 10.1 Å². The van der Waals surface area contributed by atoms with Crippen LogP contribution in [-0.2, 0) is 27.1 Å². The maximum atomic E-state index is 12.7. The molecule has 0 spiro atoms. The van der Waals surface area contributed by atoms with E-state index in [-0.39, 0.29) is 17.6 Å². The molecule has 0 atom stereocenters. The molecule has 2 aromatic rings. The van der Waals surface area contributed by atoms with E-state index in [1.54, 1.807) is 31.4 Å². The Bertz CT molecular complexity index is 939. The van der Waals surface area contributed by atoms with Gasteiger partial charge in [0.2, 0.25) is 15.9 Å². The van der Waals surface area contributed by atoms with Gasteiger partial charge in [-0.15, -0.1) is 0 Å². The molecule has 8 heteroatoms. The first-order valence-corrected chi connectivity index (χ1v) is 11.5. The maximum Gasteiger partial charge on any atom is 0.223 e. The highest BCUT2D eigenvalue weighted by atomic mass is 35.5. The molecular formula is C21H25ClN2O4S. The van der Waals surface area contributed by atoms with E-state index in [0.29, 0.717) is 43.1 Å². The van der Waals surface area contributed by atoms with Crippen LogP contribution in [0.15, 0.2) is 48.5 Å². The van der Waals surface area contributed by atoms with Gasteiger partial charge in [0.25, 0.3) is 0 Å². The molecule has 1 N–H and O–H groups in total. The molecule has 0 unspecified atom stereocenters. The molecule has 1 amide bonds. The standard InChI is InChI=1S/C21H25ClN2O4S/c1-28-20-4-2-3-17(13-20)14-23-21(25)18-9-11-24(12-10-18)29(26,27)15-16-5-7-19(22)8-6-16/h2-8,13,18H,9-12,14-15H2,1H3,(H,23,25). The number of halogens is 1. The van der Waals surface area contributed by atoms with Crippen molar-refractivity contribution in [1.82, 2.24) is 9.62 Å². The molecule has 3 rings (SSSR count). The van der Waals surface area contributed by atoms with Crippen molar-refractivity contribution in [2.45, 2.75) is 25.1 Å². The number of benzene rings is 2. The molecule has 29 heavy (non-hydrogen) atoms. The normalized spacial score (nSPS) is 15.8. The minimum atomic E-state index is -3.42. The zero-order valence-corrected chi connectivity index (χ0v) is 17.9. The van der Waals surface area contributed by atoms with Crippen LogP contribution in [0.1, 0.15) is 24.0 Å². The van der Waals surface area contributed by atoms with Gasteiger partial charge in [0.1, 0.15) is 5.75 Å². The predicted octanol–water partition coefficient (Wildman–Crippen LogP) is 3.21. The van der Waals surface area contributed by atoms with E-state index in [0.717, 1.165) is 11.3 Å². The number of rotatable bonds is 7. The van der Waals surface area contributed by atoms with E-state index in [1.807, 2.05) is 24.3 Å². The van der Waals surface area contributed by atoms with Crippen molar-refractivity contribution in [2.75, 3.05) is 20.2 Å². The number of carbonyl (C=O) groups is 1. The van der Waals surface area contributed by atoms with Gasteiger partial charge in [-0.25, -0.2) is 12.7 Å². The molecule has 2 aromatic carbocycles. The van der Waals surface area contributed by atoms with Crippen molar-refractivity contribution in [1.29, 1.82) is 0 Å². The van der Waals surface area contributed by atoms with Crippen molar-refractivity contribution in [3.05, 3.63) is 64.7 Å². The summed E-state index contributed by atoms with van der Waals surface area (Å²) in [5.41, 5.74) is 1.66. The van der Waals surface area contributed by atoms with Gasteiger partial charge in [-0.3, -0.25) is 4.79 Å². The van der Waals surface area contributed by atoms with Crippen molar-refractivity contribution in [2.24, 2.45) is 5.92 Å². The first kappa shape index (κ1) is 21.6. The fourth-order valence-corrected chi connectivity index (χ4v) is 5.08. The van der Waals surface area contributed by atoms with Crippen LogP contribution in [0.2, 0.25) is 5.02 Å². The second-order valence-corrected chi connectivity index (χ2v) is 9.53. The third-order valence-corrected chi connectivity index (χ3v) is 7.18. The zero-order chi connectivity index (χ0) is 20.9. The number of nitrogens with zero attached hydrogens (tertiary/aromatic N) is 1. The second-order valence-electron chi connectivity index (χ2n) is 7.13. The lowest BCUT2D eigenvalue weighted by Crippen LogP contribution is -2.43. The number of sulfonamides is 1. The number of nitrogens with one attached hydrogen (secondary N) is 1. The van der Waals surface area contributed by atoms with E-state index in [1.165, 1.54) is 4.31 Å². The molecule has 0 saturated carbocycles. The SMILES string of the molecule is COc1cccc(CNC(=O)C2CCN(S(=O)(=O)Cc3ccc(Cl)cc3)CC2)c1. The highest BCUT2D eigenvalue weighted by molar-refractivity contribution is 7.88. The lowest BCUT2D eigenvalue weighted by atomic mass is 9.97. The molecule has 1 heterocycles. The van der Waals surface area contributed by atoms with E-state index in [9.17, 15) is 13.2 Å². The Morgan fingerprint density at radius 1 is 1.14 bits per heavy atom. The average molecular weight is 437 g/mol. The van der Waals surface area contributed by atoms with Crippen LogP contribution in [-0.4, -0.2) is 38.8 Å². The summed E-state index contributed by atoms with van der Waals surface area (Å²) in [6.07, 6.45) is 1.04. The summed E-state index contributed by atoms with van der Waals surface area (Å²) in [5, 5.41) is 3.52. The Morgan fingerprint density at radius 3 is 2.48 bits per heavy atom. The van der Waals surface area contributed by atoms with Gasteiger partial charge in [0.05, 0.1) is 12.9 Å². The molecule has 1 aliphatic heterocycles. The summed E-state index contributed by atoms with van der Waals surface area (Å²) in [6, 6.07) is 14.4. The number of hydrogen-bond donors (Lipinski definition) is 1. The molecule has 156 valence electrons. The molecule has 1 aliphatic rings. The molecular weight excluding hydrogens is 412 g/mol. The van der Waals surface area contributed by atoms with Gasteiger partial charge >= 0.3 is 0 Å². The van der Waals surface area contributed by atoms with Gasteiger partial charge in [0, 0.05) is 30.6 Å². The lowest BCUT2D eigenvalue weighted by Gasteiger charge is -2.30. The molecule has 0 bridgehead atoms. The first-order valence-electron chi connectivity index (χ1n) is 9.50. The molecule has 1 fully saturated rings. The van der Waals surface area contributed by atoms with Gasteiger partial charge < -0.3 is 10.1 Å². The number of ether oxygens (including phenoxy) is 1. The molecule has 1 saturated heterocycles. The minimum absolute atomic E-state index is 0.0393. The highest BCUT2D eigenvalue weighted by Gasteiger charge is 2.31. The summed E-state index contributed by atoms with van der Waals surface area (Å²) in [4.78, 5) is 12.5. The Hall–Kier alpha value is -2.09. The third kappa shape index (κ3) is 5.95. The van der Waals surface area contributed by atoms with Crippen molar-refractivity contribution < 1.29 is 17.9 Å². The van der Waals surface area contributed by atoms with Crippen molar-refractivity contribution in [3.63, 3.8) is 0 Å². The fourth-order valence-electron chi connectivity index (χ4n) is 3.39. The summed E-state index contributed by atoms with van der Waals surface area (Å²) in [7, 11) is -1.81. The number of amides is 1. The van der Waals surface area contributed by atoms with E-state index >= 15 is 0 Å². The number of methoxy groups -OCH3 is 1. The second kappa shape index (κ2) is 9.61. The van der Waals surface area contributed by atoms with Crippen LogP contribution in [0.25, 0.3) is 0 Å². The van der Waals surface area contributed by atoms with Crippen molar-refractivity contribution in [3.8, 4) is 5.75 Å². The predicted molar refractivity (Wildman–Crippen MR) is 113 cm³/mol. The zero-order valence-electron chi connectivity index (χ0n) is 16.3. The van der Waals surface area contributed by atoms with Crippen LogP contribution in [0.4, 0.5) is 0 Å². The van der Waals surface area contributed by atoms with Crippen molar-refractivity contribution >= 4 is 27.5 Å². The molecule has 0 aromatic heterocycles. The molecule has 0 aliphatic carbocycles. The topological polar surface area (TPSA) is 75.7 Å². The monoisotopic (exact) mass is 436 g/mol. The van der Waals surface area contributed by atoms with Gasteiger partial charge in [0.15, 0.2) is 0 Å². The quantitative estimate of drug-likeness (QED) is 0.723. The highest BCUT2D eigenvalue weighted by Crippen LogP contribution is 2.22. The van der Waals surface area contributed by atoms with Crippen LogP contribution in [0.5, 0.6) is 5.75 Å². The molecule has 6 nitrogen and oxygen atoms in total. The average Bonchev–Trinajstić information content (AvgIpc) is 2.74. The third-order valence-electron chi connectivity index (χ3n) is 5.08. The van der Waals surface area contributed by atoms with E-state index in [2.05, 4.69) is 5.32 Å². The summed E-state index contributed by atoms with van der Waals surface area (Å²) < 4.78 is 32.0. The van der Waals surface area contributed by atoms with Gasteiger partial charge in [-0.2, -0.15) is 0 Å². The lowest BCUT2D eigenvalue weighted by molar-refractivity contribution is -0.126. The van der Waals surface area contributed by atoms with Crippen LogP contribution >= 0.6 is 11.6 Å². The summed E-state index contributed by atoms with van der Waals surface area (Å²) >= 11 is 5.85. The summed E-state index contributed by atoms with van der Waals surface area (Å²) in [6.45, 7) is 1.13. The summed E-state index contributed by atoms with van der Waals surface area (Å²) in [5.74, 6) is 0.470. The largest absolute Gasteiger partial charge is 0.497 e. The fraction of sp³-hybridized carbons (Fsp3) is 0.381. The maximum absolute atomic E-state index is 12.7. The smallest absolute Gasteiger partial charge is 0.223 e.